The van der Waals surface area contributed by atoms with Gasteiger partial charge in [0.25, 0.3) is 5.91 Å². The first-order valence-corrected chi connectivity index (χ1v) is 7.38. The van der Waals surface area contributed by atoms with Gasteiger partial charge in [-0.05, 0) is 29.8 Å². The van der Waals surface area contributed by atoms with Crippen molar-refractivity contribution in [1.29, 1.82) is 0 Å². The highest BCUT2D eigenvalue weighted by Crippen LogP contribution is 2.34. The van der Waals surface area contributed by atoms with E-state index in [2.05, 4.69) is 5.32 Å². The Bertz CT molecular complexity index is 792. The SMILES string of the molecule is O=C(NC[C@H](O)c1ccccc1C(F)(F)F)c1ccc2c(c1)OCO2. The Morgan fingerprint density at radius 1 is 1.16 bits per heavy atom. The molecular weight excluding hydrogens is 339 g/mol. The third-order valence-corrected chi connectivity index (χ3v) is 3.72. The summed E-state index contributed by atoms with van der Waals surface area (Å²) in [5.41, 5.74) is -0.971. The Morgan fingerprint density at radius 3 is 2.64 bits per heavy atom. The average molecular weight is 353 g/mol. The summed E-state index contributed by atoms with van der Waals surface area (Å²) in [7, 11) is 0. The first-order chi connectivity index (χ1) is 11.9. The van der Waals surface area contributed by atoms with Crippen LogP contribution in [0.4, 0.5) is 13.2 Å². The molecule has 0 spiro atoms. The van der Waals surface area contributed by atoms with Crippen molar-refractivity contribution in [3.63, 3.8) is 0 Å². The third-order valence-electron chi connectivity index (χ3n) is 3.72. The van der Waals surface area contributed by atoms with Gasteiger partial charge in [-0.1, -0.05) is 18.2 Å². The molecule has 1 aliphatic rings. The van der Waals surface area contributed by atoms with E-state index in [1.165, 1.54) is 30.3 Å². The Balaban J connectivity index is 1.68. The highest BCUT2D eigenvalue weighted by atomic mass is 19.4. The van der Waals surface area contributed by atoms with Crippen LogP contribution in [0.1, 0.15) is 27.6 Å². The number of alkyl halides is 3. The quantitative estimate of drug-likeness (QED) is 0.887. The Morgan fingerprint density at radius 2 is 1.88 bits per heavy atom. The molecule has 3 rings (SSSR count). The number of benzene rings is 2. The van der Waals surface area contributed by atoms with Gasteiger partial charge < -0.3 is 19.9 Å². The highest BCUT2D eigenvalue weighted by Gasteiger charge is 2.34. The Labute approximate surface area is 141 Å². The lowest BCUT2D eigenvalue weighted by Crippen LogP contribution is -2.29. The van der Waals surface area contributed by atoms with E-state index in [1.54, 1.807) is 6.07 Å². The number of amides is 1. The summed E-state index contributed by atoms with van der Waals surface area (Å²) in [5, 5.41) is 12.5. The van der Waals surface area contributed by atoms with Crippen molar-refractivity contribution in [2.75, 3.05) is 13.3 Å². The smallest absolute Gasteiger partial charge is 0.416 e. The molecule has 1 heterocycles. The van der Waals surface area contributed by atoms with Gasteiger partial charge in [0.05, 0.1) is 11.7 Å². The molecule has 1 amide bonds. The summed E-state index contributed by atoms with van der Waals surface area (Å²) in [6.07, 6.45) is -6.07. The van der Waals surface area contributed by atoms with Crippen molar-refractivity contribution in [2.24, 2.45) is 0 Å². The molecule has 0 unspecified atom stereocenters. The van der Waals surface area contributed by atoms with Crippen LogP contribution in [0.25, 0.3) is 0 Å². The molecule has 132 valence electrons. The number of nitrogens with one attached hydrogen (secondary N) is 1. The maximum absolute atomic E-state index is 13.0. The lowest BCUT2D eigenvalue weighted by molar-refractivity contribution is -0.139. The standard InChI is InChI=1S/C17H14F3NO4/c18-17(19,20)12-4-2-1-3-11(12)13(22)8-21-16(23)10-5-6-14-15(7-10)25-9-24-14/h1-7,13,22H,8-9H2,(H,21,23)/t13-/m0/s1. The number of rotatable bonds is 4. The number of halogens is 3. The molecular formula is C17H14F3NO4. The molecule has 0 fully saturated rings. The van der Waals surface area contributed by atoms with E-state index in [4.69, 9.17) is 9.47 Å². The summed E-state index contributed by atoms with van der Waals surface area (Å²) >= 11 is 0. The van der Waals surface area contributed by atoms with Gasteiger partial charge >= 0.3 is 6.18 Å². The van der Waals surface area contributed by atoms with Gasteiger partial charge in [0, 0.05) is 12.1 Å². The van der Waals surface area contributed by atoms with Crippen molar-refractivity contribution in [3.8, 4) is 11.5 Å². The lowest BCUT2D eigenvalue weighted by atomic mass is 10.0. The van der Waals surface area contributed by atoms with E-state index in [1.807, 2.05) is 0 Å². The Kier molecular flexibility index (Phi) is 4.54. The van der Waals surface area contributed by atoms with Crippen molar-refractivity contribution < 1.29 is 32.5 Å². The zero-order valence-corrected chi connectivity index (χ0v) is 12.8. The molecule has 0 saturated carbocycles. The van der Waals surface area contributed by atoms with E-state index in [0.717, 1.165) is 6.07 Å². The van der Waals surface area contributed by atoms with Gasteiger partial charge in [-0.3, -0.25) is 4.79 Å². The van der Waals surface area contributed by atoms with Crippen LogP contribution >= 0.6 is 0 Å². The predicted molar refractivity (Wildman–Crippen MR) is 81.3 cm³/mol. The summed E-state index contributed by atoms with van der Waals surface area (Å²) in [5.74, 6) is 0.383. The fourth-order valence-electron chi connectivity index (χ4n) is 2.48. The number of ether oxygens (including phenoxy) is 2. The van der Waals surface area contributed by atoms with Gasteiger partial charge in [-0.25, -0.2) is 0 Å². The highest BCUT2D eigenvalue weighted by molar-refractivity contribution is 5.94. The van der Waals surface area contributed by atoms with E-state index < -0.39 is 23.8 Å². The normalized spacial score (nSPS) is 14.2. The van der Waals surface area contributed by atoms with Gasteiger partial charge in [-0.15, -0.1) is 0 Å². The summed E-state index contributed by atoms with van der Waals surface area (Å²) < 4.78 is 49.2. The molecule has 2 N–H and O–H groups in total. The zero-order valence-electron chi connectivity index (χ0n) is 12.8. The van der Waals surface area contributed by atoms with Crippen LogP contribution in [0.3, 0.4) is 0 Å². The van der Waals surface area contributed by atoms with E-state index in [0.29, 0.717) is 11.5 Å². The number of carbonyl (C=O) groups is 1. The first-order valence-electron chi connectivity index (χ1n) is 7.38. The fraction of sp³-hybridized carbons (Fsp3) is 0.235. The minimum atomic E-state index is -4.58. The number of hydrogen-bond donors (Lipinski definition) is 2. The molecule has 8 heteroatoms. The molecule has 0 aliphatic carbocycles. The minimum Gasteiger partial charge on any atom is -0.454 e. The van der Waals surface area contributed by atoms with Crippen molar-refractivity contribution in [2.45, 2.75) is 12.3 Å². The topological polar surface area (TPSA) is 67.8 Å². The van der Waals surface area contributed by atoms with Crippen LogP contribution in [-0.2, 0) is 6.18 Å². The van der Waals surface area contributed by atoms with Crippen molar-refractivity contribution in [1.82, 2.24) is 5.32 Å². The number of aliphatic hydroxyl groups excluding tert-OH is 1. The summed E-state index contributed by atoms with van der Waals surface area (Å²) in [6, 6.07) is 9.23. The molecule has 0 radical (unpaired) electrons. The van der Waals surface area contributed by atoms with Crippen LogP contribution in [0.2, 0.25) is 0 Å². The van der Waals surface area contributed by atoms with E-state index >= 15 is 0 Å². The average Bonchev–Trinajstić information content (AvgIpc) is 3.06. The van der Waals surface area contributed by atoms with Crippen LogP contribution in [0, 0.1) is 0 Å². The van der Waals surface area contributed by atoms with E-state index in [-0.39, 0.29) is 24.5 Å². The van der Waals surface area contributed by atoms with Gasteiger partial charge in [0.2, 0.25) is 6.79 Å². The van der Waals surface area contributed by atoms with Crippen LogP contribution in [-0.4, -0.2) is 24.4 Å². The van der Waals surface area contributed by atoms with Crippen molar-refractivity contribution in [3.05, 3.63) is 59.2 Å². The van der Waals surface area contributed by atoms with Crippen LogP contribution in [0.5, 0.6) is 11.5 Å². The molecule has 25 heavy (non-hydrogen) atoms. The second-order valence-corrected chi connectivity index (χ2v) is 5.38. The number of carbonyl (C=O) groups excluding carboxylic acids is 1. The van der Waals surface area contributed by atoms with Crippen LogP contribution in [0.15, 0.2) is 42.5 Å². The zero-order chi connectivity index (χ0) is 18.0. The number of aliphatic hydroxyl groups is 1. The third kappa shape index (κ3) is 3.69. The largest absolute Gasteiger partial charge is 0.454 e. The summed E-state index contributed by atoms with van der Waals surface area (Å²) in [6.45, 7) is -0.298. The molecule has 0 aromatic heterocycles. The first kappa shape index (κ1) is 17.1. The molecule has 0 saturated heterocycles. The summed E-state index contributed by atoms with van der Waals surface area (Å²) in [4.78, 5) is 12.1. The van der Waals surface area contributed by atoms with Crippen LogP contribution < -0.4 is 14.8 Å². The lowest BCUT2D eigenvalue weighted by Gasteiger charge is -2.18. The van der Waals surface area contributed by atoms with E-state index in [9.17, 15) is 23.1 Å². The Hall–Kier alpha value is -2.74. The molecule has 1 atom stereocenters. The fourth-order valence-corrected chi connectivity index (χ4v) is 2.48. The van der Waals surface area contributed by atoms with Gasteiger partial charge in [0.15, 0.2) is 11.5 Å². The molecule has 2 aromatic carbocycles. The molecule has 2 aromatic rings. The van der Waals surface area contributed by atoms with Crippen molar-refractivity contribution >= 4 is 5.91 Å². The second kappa shape index (κ2) is 6.64. The molecule has 1 aliphatic heterocycles. The monoisotopic (exact) mass is 353 g/mol. The maximum atomic E-state index is 13.0. The van der Waals surface area contributed by atoms with Gasteiger partial charge in [-0.2, -0.15) is 13.2 Å². The molecule has 0 bridgehead atoms. The second-order valence-electron chi connectivity index (χ2n) is 5.38. The minimum absolute atomic E-state index is 0.0628. The van der Waals surface area contributed by atoms with Gasteiger partial charge in [0.1, 0.15) is 0 Å². The molecule has 5 nitrogen and oxygen atoms in total. The number of hydrogen-bond acceptors (Lipinski definition) is 4. The predicted octanol–water partition coefficient (Wildman–Crippen LogP) is 2.90. The number of fused-ring (bicyclic) bond motifs is 1. The maximum Gasteiger partial charge on any atom is 0.416 e.